The largest absolute Gasteiger partial charge is 0.399 e. The minimum atomic E-state index is -0.219. The number of benzene rings is 3. The Hall–Kier alpha value is -3.07. The van der Waals surface area contributed by atoms with Crippen LogP contribution in [-0.4, -0.2) is 0 Å². The van der Waals surface area contributed by atoms with E-state index in [2.05, 4.69) is 5.32 Å². The summed E-state index contributed by atoms with van der Waals surface area (Å²) in [5.41, 5.74) is 10.8. The van der Waals surface area contributed by atoms with Gasteiger partial charge in [0.05, 0.1) is 0 Å². The van der Waals surface area contributed by atoms with Crippen molar-refractivity contribution in [2.75, 3.05) is 11.1 Å². The molecule has 0 unspecified atom stereocenters. The number of halogens is 1. The molecular formula is C21H19FN2. The Bertz CT molecular complexity index is 804. The van der Waals surface area contributed by atoms with Gasteiger partial charge in [-0.1, -0.05) is 48.6 Å². The lowest BCUT2D eigenvalue weighted by molar-refractivity contribution is 0.628. The minimum Gasteiger partial charge on any atom is -0.399 e. The quantitative estimate of drug-likeness (QED) is 0.502. The van der Waals surface area contributed by atoms with Crippen molar-refractivity contribution in [2.45, 2.75) is 6.54 Å². The van der Waals surface area contributed by atoms with Gasteiger partial charge in [-0.25, -0.2) is 4.39 Å². The summed E-state index contributed by atoms with van der Waals surface area (Å²) < 4.78 is 12.9. The van der Waals surface area contributed by atoms with Crippen LogP contribution < -0.4 is 11.1 Å². The molecule has 0 aromatic heterocycles. The molecule has 24 heavy (non-hydrogen) atoms. The summed E-state index contributed by atoms with van der Waals surface area (Å²) in [6.45, 7) is 0.755. The highest BCUT2D eigenvalue weighted by molar-refractivity contribution is 5.70. The van der Waals surface area contributed by atoms with Crippen LogP contribution in [0.5, 0.6) is 0 Å². The third-order valence-electron chi connectivity index (χ3n) is 3.73. The van der Waals surface area contributed by atoms with Crippen LogP contribution in [0.4, 0.5) is 15.8 Å². The molecule has 0 fully saturated rings. The van der Waals surface area contributed by atoms with Gasteiger partial charge < -0.3 is 11.1 Å². The van der Waals surface area contributed by atoms with Gasteiger partial charge in [0.25, 0.3) is 0 Å². The lowest BCUT2D eigenvalue weighted by atomic mass is 10.1. The van der Waals surface area contributed by atoms with Crippen molar-refractivity contribution in [3.05, 3.63) is 95.3 Å². The van der Waals surface area contributed by atoms with E-state index in [1.165, 1.54) is 17.7 Å². The van der Waals surface area contributed by atoms with E-state index in [0.717, 1.165) is 29.0 Å². The van der Waals surface area contributed by atoms with E-state index in [1.807, 2.05) is 60.7 Å². The Labute approximate surface area is 141 Å². The summed E-state index contributed by atoms with van der Waals surface area (Å²) >= 11 is 0. The van der Waals surface area contributed by atoms with E-state index >= 15 is 0 Å². The van der Waals surface area contributed by atoms with E-state index in [4.69, 9.17) is 5.73 Å². The molecule has 0 atom stereocenters. The number of rotatable bonds is 5. The van der Waals surface area contributed by atoms with E-state index in [0.29, 0.717) is 0 Å². The van der Waals surface area contributed by atoms with Crippen molar-refractivity contribution in [3.63, 3.8) is 0 Å². The summed E-state index contributed by atoms with van der Waals surface area (Å²) in [6, 6.07) is 22.5. The molecule has 0 aliphatic carbocycles. The average molecular weight is 318 g/mol. The van der Waals surface area contributed by atoms with Crippen LogP contribution in [-0.2, 0) is 6.54 Å². The van der Waals surface area contributed by atoms with Crippen LogP contribution in [0, 0.1) is 5.82 Å². The van der Waals surface area contributed by atoms with Crippen molar-refractivity contribution < 1.29 is 4.39 Å². The molecule has 0 bridgehead atoms. The van der Waals surface area contributed by atoms with Gasteiger partial charge in [0.15, 0.2) is 0 Å². The topological polar surface area (TPSA) is 38.0 Å². The predicted molar refractivity (Wildman–Crippen MR) is 100.0 cm³/mol. The van der Waals surface area contributed by atoms with Gasteiger partial charge in [-0.2, -0.15) is 0 Å². The van der Waals surface area contributed by atoms with Crippen LogP contribution >= 0.6 is 0 Å². The van der Waals surface area contributed by atoms with E-state index in [-0.39, 0.29) is 5.82 Å². The molecule has 0 radical (unpaired) electrons. The van der Waals surface area contributed by atoms with Crippen LogP contribution in [0.3, 0.4) is 0 Å². The van der Waals surface area contributed by atoms with E-state index in [1.54, 1.807) is 12.1 Å². The fraction of sp³-hybridized carbons (Fsp3) is 0.0476. The first kappa shape index (κ1) is 15.8. The Kier molecular flexibility index (Phi) is 4.92. The number of hydrogen-bond acceptors (Lipinski definition) is 2. The second-order valence-corrected chi connectivity index (χ2v) is 5.60. The fourth-order valence-electron chi connectivity index (χ4n) is 2.32. The third-order valence-corrected chi connectivity index (χ3v) is 3.73. The highest BCUT2D eigenvalue weighted by Crippen LogP contribution is 2.14. The van der Waals surface area contributed by atoms with Crippen LogP contribution in [0.1, 0.15) is 16.7 Å². The van der Waals surface area contributed by atoms with Crippen LogP contribution in [0.2, 0.25) is 0 Å². The predicted octanol–water partition coefficient (Wildman–Crippen LogP) is 5.19. The number of hydrogen-bond donors (Lipinski definition) is 2. The maximum Gasteiger partial charge on any atom is 0.123 e. The number of anilines is 2. The van der Waals surface area contributed by atoms with Gasteiger partial charge >= 0.3 is 0 Å². The molecule has 0 saturated heterocycles. The smallest absolute Gasteiger partial charge is 0.123 e. The molecular weight excluding hydrogens is 299 g/mol. The maximum absolute atomic E-state index is 12.9. The number of nitrogen functional groups attached to an aromatic ring is 1. The molecule has 3 rings (SSSR count). The first-order chi connectivity index (χ1) is 11.7. The van der Waals surface area contributed by atoms with Crippen molar-refractivity contribution >= 4 is 23.5 Å². The first-order valence-corrected chi connectivity index (χ1v) is 7.81. The molecule has 3 aromatic rings. The molecule has 3 N–H and O–H groups in total. The Morgan fingerprint density at radius 3 is 1.88 bits per heavy atom. The van der Waals surface area contributed by atoms with E-state index < -0.39 is 0 Å². The second-order valence-electron chi connectivity index (χ2n) is 5.60. The summed E-state index contributed by atoms with van der Waals surface area (Å²) in [4.78, 5) is 0. The molecule has 0 aliphatic rings. The standard InChI is InChI=1S/C21H19FN2/c22-19-9-3-16(4-10-19)1-2-17-7-13-21(14-8-17)24-15-18-5-11-20(23)12-6-18/h1-14,24H,15,23H2/b2-1+. The zero-order valence-corrected chi connectivity index (χ0v) is 13.2. The molecule has 3 aromatic carbocycles. The SMILES string of the molecule is Nc1ccc(CNc2ccc(/C=C/c3ccc(F)cc3)cc2)cc1. The van der Waals surface area contributed by atoms with Gasteiger partial charge in [-0.3, -0.25) is 0 Å². The molecule has 0 spiro atoms. The first-order valence-electron chi connectivity index (χ1n) is 7.81. The molecule has 120 valence electrons. The molecule has 0 aliphatic heterocycles. The lowest BCUT2D eigenvalue weighted by Gasteiger charge is -2.07. The Morgan fingerprint density at radius 1 is 0.750 bits per heavy atom. The highest BCUT2D eigenvalue weighted by Gasteiger charge is 1.95. The highest BCUT2D eigenvalue weighted by atomic mass is 19.1. The van der Waals surface area contributed by atoms with Gasteiger partial charge in [-0.05, 0) is 53.1 Å². The van der Waals surface area contributed by atoms with Gasteiger partial charge in [0, 0.05) is 17.9 Å². The monoisotopic (exact) mass is 318 g/mol. The number of nitrogens with one attached hydrogen (secondary N) is 1. The molecule has 2 nitrogen and oxygen atoms in total. The molecule has 3 heteroatoms. The van der Waals surface area contributed by atoms with Crippen molar-refractivity contribution in [2.24, 2.45) is 0 Å². The van der Waals surface area contributed by atoms with Crippen molar-refractivity contribution in [3.8, 4) is 0 Å². The second kappa shape index (κ2) is 7.47. The maximum atomic E-state index is 12.9. The van der Waals surface area contributed by atoms with Crippen molar-refractivity contribution in [1.29, 1.82) is 0 Å². The summed E-state index contributed by atoms with van der Waals surface area (Å²) in [7, 11) is 0. The average Bonchev–Trinajstić information content (AvgIpc) is 2.62. The normalized spacial score (nSPS) is 10.9. The fourth-order valence-corrected chi connectivity index (χ4v) is 2.32. The third kappa shape index (κ3) is 4.46. The molecule has 0 amide bonds. The lowest BCUT2D eigenvalue weighted by Crippen LogP contribution is -1.99. The summed E-state index contributed by atoms with van der Waals surface area (Å²) in [5.74, 6) is -0.219. The minimum absolute atomic E-state index is 0.219. The zero-order valence-electron chi connectivity index (χ0n) is 13.2. The number of nitrogens with two attached hydrogens (primary N) is 1. The molecule has 0 saturated carbocycles. The summed E-state index contributed by atoms with van der Waals surface area (Å²) in [6.07, 6.45) is 3.98. The van der Waals surface area contributed by atoms with Gasteiger partial charge in [0.1, 0.15) is 5.82 Å². The Balaban J connectivity index is 1.58. The van der Waals surface area contributed by atoms with Crippen LogP contribution in [0.25, 0.3) is 12.2 Å². The summed E-state index contributed by atoms with van der Waals surface area (Å²) in [5, 5.41) is 3.38. The van der Waals surface area contributed by atoms with Gasteiger partial charge in [0.2, 0.25) is 0 Å². The van der Waals surface area contributed by atoms with Crippen molar-refractivity contribution in [1.82, 2.24) is 0 Å². The van der Waals surface area contributed by atoms with E-state index in [9.17, 15) is 4.39 Å². The molecule has 0 heterocycles. The zero-order chi connectivity index (χ0) is 16.8. The van der Waals surface area contributed by atoms with Crippen LogP contribution in [0.15, 0.2) is 72.8 Å². The van der Waals surface area contributed by atoms with Gasteiger partial charge in [-0.15, -0.1) is 0 Å². The Morgan fingerprint density at radius 2 is 1.29 bits per heavy atom.